The third-order valence-corrected chi connectivity index (χ3v) is 12.6. The van der Waals surface area contributed by atoms with Crippen LogP contribution in [0, 0.1) is 0 Å². The first-order valence-corrected chi connectivity index (χ1v) is 20.9. The maximum absolute atomic E-state index is 6.85. The van der Waals surface area contributed by atoms with Crippen LogP contribution in [-0.4, -0.2) is 26.7 Å². The number of rotatable bonds is 6. The van der Waals surface area contributed by atoms with E-state index in [2.05, 4.69) is 208 Å². The van der Waals surface area contributed by atoms with Gasteiger partial charge >= 0.3 is 0 Å². The van der Waals surface area contributed by atoms with Gasteiger partial charge in [0.1, 0.15) is 17.3 Å². The maximum atomic E-state index is 6.85. The predicted octanol–water partition coefficient (Wildman–Crippen LogP) is 14.0. The second-order valence-electron chi connectivity index (χ2n) is 17.3. The minimum Gasteiger partial charge on any atom is -0.457 e. The van der Waals surface area contributed by atoms with Gasteiger partial charge in [0.05, 0.1) is 33.8 Å². The minimum atomic E-state index is -0.120. The Kier molecular flexibility index (Phi) is 8.46. The van der Waals surface area contributed by atoms with E-state index in [-0.39, 0.29) is 11.0 Å². The molecule has 0 bridgehead atoms. The van der Waals surface area contributed by atoms with Crippen molar-refractivity contribution in [1.29, 1.82) is 0 Å². The highest BCUT2D eigenvalue weighted by Gasteiger charge is 2.37. The van der Waals surface area contributed by atoms with E-state index in [1.165, 1.54) is 64.5 Å². The summed E-state index contributed by atoms with van der Waals surface area (Å²) >= 11 is 1.85. The molecule has 0 saturated carbocycles. The van der Waals surface area contributed by atoms with Crippen molar-refractivity contribution < 1.29 is 4.74 Å². The quantitative estimate of drug-likeness (QED) is 0.168. The van der Waals surface area contributed by atoms with Crippen molar-refractivity contribution in [3.63, 3.8) is 0 Å². The van der Waals surface area contributed by atoms with Crippen LogP contribution in [0.3, 0.4) is 0 Å². The molecule has 58 heavy (non-hydrogen) atoms. The fraction of sp³-hybridized carbons (Fsp3) is 0.173. The number of pyridine rings is 1. The molecule has 0 radical (unpaired) electrons. The van der Waals surface area contributed by atoms with Crippen molar-refractivity contribution in [2.24, 2.45) is 0 Å². The standard InChI is InChI=1S/C52H46N4OS/c1-51(2,3)36-28-29-53-46(30-36)56-44-32-39(24-25-40(44)42-26-27-43-41-22-13-14-23-45(41)58-50(43)49(42)56)57-38-21-15-20-37(31-38)54-33-55(52(4,5)6)48(35-18-11-8-12-19-35)47(54)34-16-9-7-10-17-34/h7-32H,33H2,1-6H3. The van der Waals surface area contributed by atoms with Gasteiger partial charge < -0.3 is 14.5 Å². The van der Waals surface area contributed by atoms with Gasteiger partial charge in [-0.3, -0.25) is 4.57 Å². The van der Waals surface area contributed by atoms with Crippen LogP contribution in [0.25, 0.3) is 59.2 Å². The van der Waals surface area contributed by atoms with E-state index < -0.39 is 0 Å². The topological polar surface area (TPSA) is 33.5 Å². The van der Waals surface area contributed by atoms with Crippen molar-refractivity contribution in [1.82, 2.24) is 14.5 Å². The van der Waals surface area contributed by atoms with Crippen molar-refractivity contribution >= 4 is 70.4 Å². The van der Waals surface area contributed by atoms with Crippen LogP contribution in [0.15, 0.2) is 158 Å². The lowest BCUT2D eigenvalue weighted by atomic mass is 9.88. The molecule has 0 amide bonds. The van der Waals surface area contributed by atoms with E-state index in [0.29, 0.717) is 6.67 Å². The van der Waals surface area contributed by atoms with Crippen molar-refractivity contribution in [3.05, 3.63) is 175 Å². The van der Waals surface area contributed by atoms with Gasteiger partial charge in [-0.2, -0.15) is 0 Å². The molecule has 0 unspecified atom stereocenters. The van der Waals surface area contributed by atoms with Gasteiger partial charge in [0, 0.05) is 66.9 Å². The van der Waals surface area contributed by atoms with Gasteiger partial charge in [-0.05, 0) is 74.2 Å². The highest BCUT2D eigenvalue weighted by atomic mass is 32.1. The number of hydrogen-bond donors (Lipinski definition) is 0. The third-order valence-electron chi connectivity index (χ3n) is 11.4. The Hall–Kier alpha value is -6.37. The Morgan fingerprint density at radius 1 is 0.586 bits per heavy atom. The summed E-state index contributed by atoms with van der Waals surface area (Å²) in [5.74, 6) is 2.46. The number of nitrogens with zero attached hydrogens (tertiary/aromatic N) is 4. The Morgan fingerprint density at radius 2 is 1.26 bits per heavy atom. The summed E-state index contributed by atoms with van der Waals surface area (Å²) in [6, 6.07) is 54.2. The molecule has 10 rings (SSSR count). The summed E-state index contributed by atoms with van der Waals surface area (Å²) < 4.78 is 11.7. The normalized spacial score (nSPS) is 13.8. The molecule has 6 aromatic carbocycles. The number of hydrogen-bond acceptors (Lipinski definition) is 5. The average Bonchev–Trinajstić information content (AvgIpc) is 3.92. The first kappa shape index (κ1) is 36.0. The highest BCUT2D eigenvalue weighted by Crippen LogP contribution is 2.46. The second kappa shape index (κ2) is 13.6. The molecule has 0 spiro atoms. The smallest absolute Gasteiger partial charge is 0.137 e. The van der Waals surface area contributed by atoms with E-state index in [9.17, 15) is 0 Å². The lowest BCUT2D eigenvalue weighted by molar-refractivity contribution is 0.237. The Balaban J connectivity index is 1.11. The fourth-order valence-corrected chi connectivity index (χ4v) is 9.73. The summed E-state index contributed by atoms with van der Waals surface area (Å²) in [4.78, 5) is 9.97. The second-order valence-corrected chi connectivity index (χ2v) is 18.4. The zero-order valence-electron chi connectivity index (χ0n) is 33.8. The highest BCUT2D eigenvalue weighted by molar-refractivity contribution is 7.26. The number of benzene rings is 6. The van der Waals surface area contributed by atoms with E-state index in [0.717, 1.165) is 28.5 Å². The van der Waals surface area contributed by atoms with Crippen LogP contribution in [0.5, 0.6) is 11.5 Å². The van der Waals surface area contributed by atoms with Crippen LogP contribution in [0.1, 0.15) is 58.2 Å². The van der Waals surface area contributed by atoms with Crippen LogP contribution in [0.2, 0.25) is 0 Å². The number of ether oxygens (including phenoxy) is 1. The summed E-state index contributed by atoms with van der Waals surface area (Å²) in [7, 11) is 0. The summed E-state index contributed by atoms with van der Waals surface area (Å²) in [5, 5.41) is 4.93. The van der Waals surface area contributed by atoms with Gasteiger partial charge in [-0.15, -0.1) is 11.3 Å². The maximum Gasteiger partial charge on any atom is 0.137 e. The van der Waals surface area contributed by atoms with E-state index in [1.54, 1.807) is 0 Å². The Labute approximate surface area is 344 Å². The van der Waals surface area contributed by atoms with E-state index in [1.807, 2.05) is 17.5 Å². The lowest BCUT2D eigenvalue weighted by Gasteiger charge is -2.36. The van der Waals surface area contributed by atoms with Gasteiger partial charge in [0.15, 0.2) is 0 Å². The van der Waals surface area contributed by atoms with Crippen molar-refractivity contribution in [2.45, 2.75) is 52.5 Å². The molecule has 5 nitrogen and oxygen atoms in total. The lowest BCUT2D eigenvalue weighted by Crippen LogP contribution is -2.41. The van der Waals surface area contributed by atoms with Crippen LogP contribution >= 0.6 is 11.3 Å². The first-order chi connectivity index (χ1) is 28.0. The zero-order valence-corrected chi connectivity index (χ0v) is 34.6. The van der Waals surface area contributed by atoms with Gasteiger partial charge in [0.2, 0.25) is 0 Å². The molecule has 1 aliphatic heterocycles. The summed E-state index contributed by atoms with van der Waals surface area (Å²) in [5.41, 5.74) is 9.19. The molecule has 9 aromatic rings. The van der Waals surface area contributed by atoms with Crippen molar-refractivity contribution in [3.8, 4) is 17.3 Å². The molecule has 1 aliphatic rings. The molecule has 0 aliphatic carbocycles. The molecular weight excluding hydrogens is 729 g/mol. The SMILES string of the molecule is CC(C)(C)c1ccnc(-n2c3cc(Oc4cccc(N5CN(C(C)(C)C)C(c6ccccc6)=C5c5ccccc5)c4)ccc3c3ccc4c5ccccc5sc4c32)c1. The third kappa shape index (κ3) is 6.11. The number of anilines is 1. The van der Waals surface area contributed by atoms with Crippen LogP contribution < -0.4 is 9.64 Å². The van der Waals surface area contributed by atoms with Gasteiger partial charge in [-0.1, -0.05) is 118 Å². The first-order valence-electron chi connectivity index (χ1n) is 20.1. The molecule has 0 atom stereocenters. The number of fused-ring (bicyclic) bond motifs is 7. The van der Waals surface area contributed by atoms with Gasteiger partial charge in [-0.25, -0.2) is 4.98 Å². The fourth-order valence-electron chi connectivity index (χ4n) is 8.49. The molecule has 4 heterocycles. The van der Waals surface area contributed by atoms with Crippen molar-refractivity contribution in [2.75, 3.05) is 11.6 Å². The average molecular weight is 775 g/mol. The molecular formula is C52H46N4OS. The molecule has 3 aromatic heterocycles. The van der Waals surface area contributed by atoms with Gasteiger partial charge in [0.25, 0.3) is 0 Å². The summed E-state index contributed by atoms with van der Waals surface area (Å²) in [6.45, 7) is 14.3. The zero-order chi connectivity index (χ0) is 39.8. The van der Waals surface area contributed by atoms with Crippen LogP contribution in [0.4, 0.5) is 5.69 Å². The number of aromatic nitrogens is 2. The predicted molar refractivity (Wildman–Crippen MR) is 245 cm³/mol. The largest absolute Gasteiger partial charge is 0.457 e. The Bertz CT molecular complexity index is 3040. The van der Waals surface area contributed by atoms with Crippen LogP contribution in [-0.2, 0) is 5.41 Å². The molecule has 0 saturated heterocycles. The Morgan fingerprint density at radius 3 is 2.00 bits per heavy atom. The molecule has 6 heteroatoms. The van der Waals surface area contributed by atoms with E-state index in [4.69, 9.17) is 9.72 Å². The molecule has 286 valence electrons. The van der Waals surface area contributed by atoms with E-state index >= 15 is 0 Å². The molecule has 0 N–H and O–H groups in total. The molecule has 0 fully saturated rings. The summed E-state index contributed by atoms with van der Waals surface area (Å²) in [6.07, 6.45) is 1.95. The monoisotopic (exact) mass is 774 g/mol. The number of thiophene rings is 1. The minimum absolute atomic E-state index is 0.0284.